The molecule has 0 unspecified atom stereocenters. The summed E-state index contributed by atoms with van der Waals surface area (Å²) in [7, 11) is 1.67. The highest BCUT2D eigenvalue weighted by atomic mass is 79.9. The summed E-state index contributed by atoms with van der Waals surface area (Å²) in [4.78, 5) is 1.35. The molecule has 0 saturated heterocycles. The summed E-state index contributed by atoms with van der Waals surface area (Å²) in [6, 6.07) is 4.19. The first kappa shape index (κ1) is 11.0. The van der Waals surface area contributed by atoms with Gasteiger partial charge in [0.15, 0.2) is 6.61 Å². The molecule has 2 rings (SSSR count). The van der Waals surface area contributed by atoms with Gasteiger partial charge in [0, 0.05) is 0 Å². The Bertz CT molecular complexity index is 502. The van der Waals surface area contributed by atoms with Crippen molar-refractivity contribution in [1.82, 2.24) is 20.2 Å². The summed E-state index contributed by atoms with van der Waals surface area (Å²) in [6.07, 6.45) is 0. The molecule has 0 amide bonds. The Balaban J connectivity index is 2.04. The minimum atomic E-state index is -0.322. The molecule has 0 fully saturated rings. The van der Waals surface area contributed by atoms with Crippen molar-refractivity contribution < 1.29 is 9.13 Å². The van der Waals surface area contributed by atoms with Crippen LogP contribution >= 0.6 is 15.9 Å². The Hall–Kier alpha value is -1.50. The van der Waals surface area contributed by atoms with Crippen LogP contribution in [-0.4, -0.2) is 20.2 Å². The van der Waals surface area contributed by atoms with Gasteiger partial charge in [-0.15, -0.1) is 10.2 Å². The number of benzene rings is 1. The molecular formula is C9H8BrFN4O. The molecule has 0 N–H and O–H groups in total. The van der Waals surface area contributed by atoms with E-state index in [1.165, 1.54) is 23.0 Å². The molecule has 84 valence electrons. The van der Waals surface area contributed by atoms with Crippen molar-refractivity contribution in [2.24, 2.45) is 7.05 Å². The summed E-state index contributed by atoms with van der Waals surface area (Å²) in [6.45, 7) is 0.193. The first-order valence-electron chi connectivity index (χ1n) is 4.46. The van der Waals surface area contributed by atoms with Crippen LogP contribution in [0.5, 0.6) is 5.75 Å². The van der Waals surface area contributed by atoms with Gasteiger partial charge in [-0.1, -0.05) is 0 Å². The first-order chi connectivity index (χ1) is 7.65. The van der Waals surface area contributed by atoms with E-state index in [4.69, 9.17) is 4.74 Å². The van der Waals surface area contributed by atoms with Crippen molar-refractivity contribution in [3.05, 3.63) is 34.3 Å². The second kappa shape index (κ2) is 4.56. The van der Waals surface area contributed by atoms with Crippen LogP contribution in [0.2, 0.25) is 0 Å². The van der Waals surface area contributed by atoms with Gasteiger partial charge in [0.25, 0.3) is 0 Å². The van der Waals surface area contributed by atoms with Crippen molar-refractivity contribution >= 4 is 15.9 Å². The molecule has 0 spiro atoms. The number of tetrazole rings is 1. The lowest BCUT2D eigenvalue weighted by Gasteiger charge is -2.05. The first-order valence-corrected chi connectivity index (χ1v) is 5.25. The second-order valence-electron chi connectivity index (χ2n) is 3.06. The minimum absolute atomic E-state index is 0.193. The van der Waals surface area contributed by atoms with E-state index in [1.807, 2.05) is 0 Å². The molecule has 7 heteroatoms. The Morgan fingerprint density at radius 3 is 2.94 bits per heavy atom. The lowest BCUT2D eigenvalue weighted by Crippen LogP contribution is -1.99. The predicted molar refractivity (Wildman–Crippen MR) is 57.2 cm³/mol. The van der Waals surface area contributed by atoms with Crippen LogP contribution in [0.25, 0.3) is 0 Å². The molecule has 0 atom stereocenters. The zero-order valence-electron chi connectivity index (χ0n) is 8.39. The van der Waals surface area contributed by atoms with Gasteiger partial charge in [0.2, 0.25) is 5.82 Å². The topological polar surface area (TPSA) is 52.8 Å². The molecule has 0 aliphatic heterocycles. The highest BCUT2D eigenvalue weighted by molar-refractivity contribution is 9.10. The molecule has 0 radical (unpaired) electrons. The SMILES string of the molecule is Cn1nnc(COc2ccc(F)cc2Br)n1. The predicted octanol–water partition coefficient (Wildman–Crippen LogP) is 1.69. The Morgan fingerprint density at radius 2 is 2.31 bits per heavy atom. The number of halogens is 2. The number of ether oxygens (including phenoxy) is 1. The molecule has 1 aromatic carbocycles. The second-order valence-corrected chi connectivity index (χ2v) is 3.91. The van der Waals surface area contributed by atoms with Gasteiger partial charge in [-0.3, -0.25) is 0 Å². The summed E-state index contributed by atoms with van der Waals surface area (Å²) < 4.78 is 18.7. The van der Waals surface area contributed by atoms with Crippen molar-refractivity contribution in [2.45, 2.75) is 6.61 Å². The van der Waals surface area contributed by atoms with Crippen LogP contribution in [0.1, 0.15) is 5.82 Å². The van der Waals surface area contributed by atoms with Crippen LogP contribution in [0.4, 0.5) is 4.39 Å². The molecule has 0 saturated carbocycles. The normalized spacial score (nSPS) is 10.4. The number of rotatable bonds is 3. The average Bonchev–Trinajstić information content (AvgIpc) is 2.63. The maximum absolute atomic E-state index is 12.8. The lowest BCUT2D eigenvalue weighted by molar-refractivity contribution is 0.293. The number of nitrogens with zero attached hydrogens (tertiary/aromatic N) is 4. The highest BCUT2D eigenvalue weighted by Gasteiger charge is 2.05. The highest BCUT2D eigenvalue weighted by Crippen LogP contribution is 2.25. The van der Waals surface area contributed by atoms with E-state index in [0.29, 0.717) is 16.0 Å². The largest absolute Gasteiger partial charge is 0.484 e. The fraction of sp³-hybridized carbons (Fsp3) is 0.222. The zero-order chi connectivity index (χ0) is 11.5. The van der Waals surface area contributed by atoms with Crippen LogP contribution < -0.4 is 4.74 Å². The molecule has 0 aliphatic rings. The van der Waals surface area contributed by atoms with Crippen LogP contribution in [0.15, 0.2) is 22.7 Å². The molecule has 2 aromatic rings. The smallest absolute Gasteiger partial charge is 0.212 e. The molecule has 1 heterocycles. The van der Waals surface area contributed by atoms with Crippen molar-refractivity contribution in [1.29, 1.82) is 0 Å². The Kier molecular flexibility index (Phi) is 3.14. The van der Waals surface area contributed by atoms with E-state index < -0.39 is 0 Å². The minimum Gasteiger partial charge on any atom is -0.484 e. The Morgan fingerprint density at radius 1 is 1.50 bits per heavy atom. The van der Waals surface area contributed by atoms with Crippen molar-refractivity contribution in [3.63, 3.8) is 0 Å². The van der Waals surface area contributed by atoms with E-state index >= 15 is 0 Å². The zero-order valence-corrected chi connectivity index (χ0v) is 9.98. The molecular weight excluding hydrogens is 279 g/mol. The van der Waals surface area contributed by atoms with Gasteiger partial charge in [-0.2, -0.15) is 4.80 Å². The third-order valence-electron chi connectivity index (χ3n) is 1.80. The molecule has 1 aromatic heterocycles. The van der Waals surface area contributed by atoms with Crippen molar-refractivity contribution in [3.8, 4) is 5.75 Å². The van der Waals surface area contributed by atoms with Gasteiger partial charge in [0.1, 0.15) is 11.6 Å². The molecule has 0 aliphatic carbocycles. The number of aryl methyl sites for hydroxylation is 1. The van der Waals surface area contributed by atoms with E-state index in [9.17, 15) is 4.39 Å². The standard InChI is InChI=1S/C9H8BrFN4O/c1-15-13-9(12-14-15)5-16-8-3-2-6(11)4-7(8)10/h2-4H,5H2,1H3. The van der Waals surface area contributed by atoms with E-state index in [-0.39, 0.29) is 12.4 Å². The van der Waals surface area contributed by atoms with Gasteiger partial charge in [0.05, 0.1) is 11.5 Å². The van der Waals surface area contributed by atoms with E-state index in [0.717, 1.165) is 0 Å². The van der Waals surface area contributed by atoms with Crippen LogP contribution in [-0.2, 0) is 13.7 Å². The number of aromatic nitrogens is 4. The lowest BCUT2D eigenvalue weighted by atomic mass is 10.3. The fourth-order valence-electron chi connectivity index (χ4n) is 1.12. The van der Waals surface area contributed by atoms with E-state index in [1.54, 1.807) is 7.05 Å². The van der Waals surface area contributed by atoms with Gasteiger partial charge >= 0.3 is 0 Å². The summed E-state index contributed by atoms with van der Waals surface area (Å²) >= 11 is 3.20. The molecule has 16 heavy (non-hydrogen) atoms. The maximum atomic E-state index is 12.8. The number of hydrogen-bond donors (Lipinski definition) is 0. The van der Waals surface area contributed by atoms with Crippen LogP contribution in [0.3, 0.4) is 0 Å². The van der Waals surface area contributed by atoms with Crippen LogP contribution in [0, 0.1) is 5.82 Å². The summed E-state index contributed by atoms with van der Waals surface area (Å²) in [5.74, 6) is 0.685. The van der Waals surface area contributed by atoms with Crippen molar-refractivity contribution in [2.75, 3.05) is 0 Å². The fourth-order valence-corrected chi connectivity index (χ4v) is 1.58. The Labute approximate surface area is 99.3 Å². The van der Waals surface area contributed by atoms with E-state index in [2.05, 4.69) is 31.3 Å². The molecule has 5 nitrogen and oxygen atoms in total. The third-order valence-corrected chi connectivity index (χ3v) is 2.42. The quantitative estimate of drug-likeness (QED) is 0.862. The average molecular weight is 287 g/mol. The van der Waals surface area contributed by atoms with Gasteiger partial charge < -0.3 is 4.74 Å². The monoisotopic (exact) mass is 286 g/mol. The summed E-state index contributed by atoms with van der Waals surface area (Å²) in [5.41, 5.74) is 0. The maximum Gasteiger partial charge on any atom is 0.212 e. The van der Waals surface area contributed by atoms with Gasteiger partial charge in [-0.25, -0.2) is 4.39 Å². The number of hydrogen-bond acceptors (Lipinski definition) is 4. The summed E-state index contributed by atoms with van der Waals surface area (Å²) in [5, 5.41) is 11.4. The van der Waals surface area contributed by atoms with Gasteiger partial charge in [-0.05, 0) is 39.3 Å². The molecule has 0 bridgehead atoms. The third kappa shape index (κ3) is 2.54.